The second kappa shape index (κ2) is 6.77. The van der Waals surface area contributed by atoms with E-state index < -0.39 is 10.0 Å². The third kappa shape index (κ3) is 4.91. The van der Waals surface area contributed by atoms with Crippen LogP contribution in [0.5, 0.6) is 0 Å². The molecule has 0 radical (unpaired) electrons. The van der Waals surface area contributed by atoms with Gasteiger partial charge in [-0.05, 0) is 39.0 Å². The molecule has 0 atom stereocenters. The third-order valence-electron chi connectivity index (χ3n) is 2.83. The highest BCUT2D eigenvalue weighted by molar-refractivity contribution is 7.89. The minimum atomic E-state index is -3.79. The smallest absolute Gasteiger partial charge is 0.239 e. The monoisotopic (exact) mass is 314 g/mol. The number of amides is 1. The van der Waals surface area contributed by atoms with Crippen LogP contribution in [0, 0.1) is 0 Å². The summed E-state index contributed by atoms with van der Waals surface area (Å²) in [7, 11) is -3.79. The lowest BCUT2D eigenvalue weighted by molar-refractivity contribution is -0.120. The van der Waals surface area contributed by atoms with Crippen molar-refractivity contribution in [1.29, 1.82) is 0 Å². The Morgan fingerprint density at radius 2 is 2.00 bits per heavy atom. The Kier molecular flexibility index (Phi) is 5.56. The van der Waals surface area contributed by atoms with Crippen LogP contribution < -0.4 is 21.1 Å². The number of nitrogen functional groups attached to an aromatic ring is 1. The van der Waals surface area contributed by atoms with Crippen LogP contribution in [0.4, 0.5) is 11.4 Å². The summed E-state index contributed by atoms with van der Waals surface area (Å²) in [5.41, 5.74) is 6.74. The van der Waals surface area contributed by atoms with E-state index in [4.69, 9.17) is 10.9 Å². The van der Waals surface area contributed by atoms with Crippen LogP contribution in [-0.4, -0.2) is 33.5 Å². The molecule has 1 rings (SSSR count). The SMILES string of the molecule is CCN(CC(=O)NC(C)C)c1ccc(S(N)(=O)=O)cc1N. The molecular formula is C13H22N4O3S. The standard InChI is InChI=1S/C13H22N4O3S/c1-4-17(8-13(18)16-9(2)3)12-6-5-10(7-11(12)14)21(15,19)20/h5-7,9H,4,8,14H2,1-3H3,(H,16,18)(H2,15,19,20). The second-order valence-electron chi connectivity index (χ2n) is 5.00. The number of carbonyl (C=O) groups is 1. The zero-order chi connectivity index (χ0) is 16.2. The molecule has 7 nitrogen and oxygen atoms in total. The van der Waals surface area contributed by atoms with E-state index in [-0.39, 0.29) is 29.1 Å². The Labute approximate surface area is 125 Å². The van der Waals surface area contributed by atoms with Gasteiger partial charge in [-0.3, -0.25) is 4.79 Å². The lowest BCUT2D eigenvalue weighted by Crippen LogP contribution is -2.40. The summed E-state index contributed by atoms with van der Waals surface area (Å²) in [6.07, 6.45) is 0. The van der Waals surface area contributed by atoms with Crippen LogP contribution in [0.1, 0.15) is 20.8 Å². The Balaban J connectivity index is 2.99. The van der Waals surface area contributed by atoms with Crippen molar-refractivity contribution in [3.8, 4) is 0 Å². The van der Waals surface area contributed by atoms with Crippen LogP contribution in [-0.2, 0) is 14.8 Å². The summed E-state index contributed by atoms with van der Waals surface area (Å²) in [4.78, 5) is 13.5. The van der Waals surface area contributed by atoms with Gasteiger partial charge in [0.15, 0.2) is 0 Å². The molecule has 21 heavy (non-hydrogen) atoms. The zero-order valence-electron chi connectivity index (χ0n) is 12.5. The molecule has 0 aromatic heterocycles. The van der Waals surface area contributed by atoms with Crippen molar-refractivity contribution in [2.24, 2.45) is 5.14 Å². The predicted molar refractivity (Wildman–Crippen MR) is 83.4 cm³/mol. The molecule has 0 saturated carbocycles. The van der Waals surface area contributed by atoms with Crippen LogP contribution >= 0.6 is 0 Å². The Morgan fingerprint density at radius 3 is 2.43 bits per heavy atom. The summed E-state index contributed by atoms with van der Waals surface area (Å²) >= 11 is 0. The number of nitrogens with two attached hydrogens (primary N) is 2. The van der Waals surface area contributed by atoms with Crippen molar-refractivity contribution in [2.75, 3.05) is 23.7 Å². The molecule has 118 valence electrons. The fourth-order valence-electron chi connectivity index (χ4n) is 1.91. The van der Waals surface area contributed by atoms with Crippen molar-refractivity contribution in [2.45, 2.75) is 31.7 Å². The van der Waals surface area contributed by atoms with Crippen LogP contribution in [0.2, 0.25) is 0 Å². The maximum atomic E-state index is 11.8. The van der Waals surface area contributed by atoms with Crippen molar-refractivity contribution < 1.29 is 13.2 Å². The predicted octanol–water partition coefficient (Wildman–Crippen LogP) is 0.267. The molecular weight excluding hydrogens is 292 g/mol. The van der Waals surface area contributed by atoms with E-state index in [9.17, 15) is 13.2 Å². The first-order valence-corrected chi connectivity index (χ1v) is 8.16. The van der Waals surface area contributed by atoms with E-state index in [2.05, 4.69) is 5.32 Å². The molecule has 8 heteroatoms. The van der Waals surface area contributed by atoms with E-state index in [0.717, 1.165) is 0 Å². The van der Waals surface area contributed by atoms with Crippen molar-refractivity contribution in [1.82, 2.24) is 5.32 Å². The maximum absolute atomic E-state index is 11.8. The number of sulfonamides is 1. The molecule has 0 spiro atoms. The molecule has 0 fully saturated rings. The molecule has 1 aromatic carbocycles. The van der Waals surface area contributed by atoms with Crippen molar-refractivity contribution in [3.63, 3.8) is 0 Å². The second-order valence-corrected chi connectivity index (χ2v) is 6.56. The zero-order valence-corrected chi connectivity index (χ0v) is 13.3. The van der Waals surface area contributed by atoms with E-state index >= 15 is 0 Å². The molecule has 0 aliphatic rings. The number of nitrogens with one attached hydrogen (secondary N) is 1. The minimum absolute atomic E-state index is 0.0496. The number of carbonyl (C=O) groups excluding carboxylic acids is 1. The van der Waals surface area contributed by atoms with Gasteiger partial charge in [-0.1, -0.05) is 0 Å². The Hall–Kier alpha value is -1.80. The molecule has 1 aromatic rings. The van der Waals surface area contributed by atoms with Gasteiger partial charge in [0.05, 0.1) is 22.8 Å². The van der Waals surface area contributed by atoms with E-state index in [1.165, 1.54) is 12.1 Å². The molecule has 1 amide bonds. The molecule has 5 N–H and O–H groups in total. The number of hydrogen-bond donors (Lipinski definition) is 3. The molecule has 0 saturated heterocycles. The fraction of sp³-hybridized carbons (Fsp3) is 0.462. The lowest BCUT2D eigenvalue weighted by Gasteiger charge is -2.24. The molecule has 0 unspecified atom stereocenters. The largest absolute Gasteiger partial charge is 0.397 e. The van der Waals surface area contributed by atoms with Crippen LogP contribution in [0.25, 0.3) is 0 Å². The van der Waals surface area contributed by atoms with Gasteiger partial charge in [-0.25, -0.2) is 13.6 Å². The van der Waals surface area contributed by atoms with Gasteiger partial charge in [0.2, 0.25) is 15.9 Å². The highest BCUT2D eigenvalue weighted by Gasteiger charge is 2.16. The maximum Gasteiger partial charge on any atom is 0.239 e. The number of hydrogen-bond acceptors (Lipinski definition) is 5. The summed E-state index contributed by atoms with van der Waals surface area (Å²) < 4.78 is 22.6. The van der Waals surface area contributed by atoms with Gasteiger partial charge in [0.25, 0.3) is 0 Å². The number of rotatable bonds is 6. The van der Waals surface area contributed by atoms with Gasteiger partial charge in [-0.2, -0.15) is 0 Å². The van der Waals surface area contributed by atoms with E-state index in [1.54, 1.807) is 11.0 Å². The molecule has 0 aliphatic carbocycles. The van der Waals surface area contributed by atoms with Crippen molar-refractivity contribution in [3.05, 3.63) is 18.2 Å². The average molecular weight is 314 g/mol. The summed E-state index contributed by atoms with van der Waals surface area (Å²) in [6.45, 7) is 6.35. The number of likely N-dealkylation sites (N-methyl/N-ethyl adjacent to an activating group) is 1. The van der Waals surface area contributed by atoms with Crippen LogP contribution in [0.15, 0.2) is 23.1 Å². The molecule has 0 heterocycles. The first kappa shape index (κ1) is 17.3. The fourth-order valence-corrected chi connectivity index (χ4v) is 2.45. The lowest BCUT2D eigenvalue weighted by atomic mass is 10.2. The number of benzene rings is 1. The van der Waals surface area contributed by atoms with E-state index in [1.807, 2.05) is 20.8 Å². The van der Waals surface area contributed by atoms with E-state index in [0.29, 0.717) is 12.2 Å². The van der Waals surface area contributed by atoms with Gasteiger partial charge in [0, 0.05) is 12.6 Å². The summed E-state index contributed by atoms with van der Waals surface area (Å²) in [5.74, 6) is -0.123. The quantitative estimate of drug-likeness (QED) is 0.651. The highest BCUT2D eigenvalue weighted by Crippen LogP contribution is 2.25. The van der Waals surface area contributed by atoms with Crippen molar-refractivity contribution >= 4 is 27.3 Å². The highest BCUT2D eigenvalue weighted by atomic mass is 32.2. The van der Waals surface area contributed by atoms with Gasteiger partial charge < -0.3 is 16.0 Å². The topological polar surface area (TPSA) is 119 Å². The molecule has 0 bridgehead atoms. The number of primary sulfonamides is 1. The minimum Gasteiger partial charge on any atom is -0.397 e. The Morgan fingerprint density at radius 1 is 1.38 bits per heavy atom. The van der Waals surface area contributed by atoms with Gasteiger partial charge in [0.1, 0.15) is 0 Å². The molecule has 0 aliphatic heterocycles. The number of anilines is 2. The van der Waals surface area contributed by atoms with Gasteiger partial charge in [-0.15, -0.1) is 0 Å². The summed E-state index contributed by atoms with van der Waals surface area (Å²) in [6, 6.07) is 4.29. The number of nitrogens with zero attached hydrogens (tertiary/aromatic N) is 1. The first-order valence-electron chi connectivity index (χ1n) is 6.61. The third-order valence-corrected chi connectivity index (χ3v) is 3.75. The first-order chi connectivity index (χ1) is 9.65. The van der Waals surface area contributed by atoms with Crippen LogP contribution in [0.3, 0.4) is 0 Å². The average Bonchev–Trinajstić information content (AvgIpc) is 2.34. The Bertz CT molecular complexity index is 614. The summed E-state index contributed by atoms with van der Waals surface area (Å²) in [5, 5.41) is 7.85. The normalized spacial score (nSPS) is 11.5. The van der Waals surface area contributed by atoms with Gasteiger partial charge >= 0.3 is 0 Å².